The first-order chi connectivity index (χ1) is 14.7. The van der Waals surface area contributed by atoms with Gasteiger partial charge in [0.15, 0.2) is 0 Å². The van der Waals surface area contributed by atoms with Crippen LogP contribution in [0.5, 0.6) is 0 Å². The number of amides is 1. The molecule has 0 saturated carbocycles. The number of carbonyl (C=O) groups is 1. The molecule has 2 aromatic carbocycles. The monoisotopic (exact) mass is 404 g/mol. The minimum atomic E-state index is -0.655. The van der Waals surface area contributed by atoms with Crippen LogP contribution in [0.2, 0.25) is 0 Å². The van der Waals surface area contributed by atoms with Crippen molar-refractivity contribution in [3.8, 4) is 0 Å². The molecule has 2 N–H and O–H groups in total. The fourth-order valence-corrected chi connectivity index (χ4v) is 2.59. The van der Waals surface area contributed by atoms with Crippen LogP contribution in [0.4, 0.5) is 20.6 Å². The summed E-state index contributed by atoms with van der Waals surface area (Å²) >= 11 is 0. The normalized spacial score (nSPS) is 11.3. The first kappa shape index (κ1) is 20.7. The molecular formula is C23H21FN4O2. The van der Waals surface area contributed by atoms with Gasteiger partial charge < -0.3 is 10.1 Å². The van der Waals surface area contributed by atoms with Gasteiger partial charge in [-0.1, -0.05) is 36.4 Å². The van der Waals surface area contributed by atoms with E-state index in [4.69, 9.17) is 4.74 Å². The van der Waals surface area contributed by atoms with Crippen LogP contribution in [0.25, 0.3) is 0 Å². The van der Waals surface area contributed by atoms with Gasteiger partial charge in [0.25, 0.3) is 0 Å². The van der Waals surface area contributed by atoms with E-state index in [9.17, 15) is 9.18 Å². The molecular weight excluding hydrogens is 383 g/mol. The molecule has 0 aliphatic carbocycles. The number of benzene rings is 2. The van der Waals surface area contributed by atoms with Crippen molar-refractivity contribution in [1.82, 2.24) is 4.98 Å². The lowest BCUT2D eigenvalue weighted by Gasteiger charge is -2.09. The molecule has 0 radical (unpaired) electrons. The Bertz CT molecular complexity index is 1040. The molecule has 0 aliphatic heterocycles. The molecule has 0 aliphatic rings. The molecule has 3 rings (SSSR count). The lowest BCUT2D eigenvalue weighted by atomic mass is 10.2. The van der Waals surface area contributed by atoms with E-state index >= 15 is 0 Å². The molecule has 152 valence electrons. The van der Waals surface area contributed by atoms with Gasteiger partial charge in [0, 0.05) is 25.1 Å². The molecule has 0 spiro atoms. The second-order valence-corrected chi connectivity index (χ2v) is 6.18. The number of halogens is 1. The van der Waals surface area contributed by atoms with Crippen molar-refractivity contribution in [3.05, 3.63) is 102 Å². The quantitative estimate of drug-likeness (QED) is 0.543. The number of pyridine rings is 1. The van der Waals surface area contributed by atoms with Crippen molar-refractivity contribution in [3.63, 3.8) is 0 Å². The standard InChI is InChI=1S/C23H21FN4O2/c1-25-21(22-9-5-6-13-26-22)12-14-27-20-11-10-18(15-19(20)24)28-23(29)30-16-17-7-3-2-4-8-17/h2-15,27H,16H2,1H3,(H,28,29). The lowest BCUT2D eigenvalue weighted by molar-refractivity contribution is 0.155. The number of rotatable bonds is 7. The number of carbonyl (C=O) groups excluding carboxylic acids is 1. The van der Waals surface area contributed by atoms with Crippen molar-refractivity contribution in [2.24, 2.45) is 4.99 Å². The van der Waals surface area contributed by atoms with Gasteiger partial charge in [0.1, 0.15) is 12.4 Å². The van der Waals surface area contributed by atoms with Gasteiger partial charge in [0.2, 0.25) is 0 Å². The number of ether oxygens (including phenoxy) is 1. The van der Waals surface area contributed by atoms with E-state index in [-0.39, 0.29) is 12.3 Å². The molecule has 3 aromatic rings. The van der Waals surface area contributed by atoms with Gasteiger partial charge >= 0.3 is 6.09 Å². The molecule has 0 saturated heterocycles. The largest absolute Gasteiger partial charge is 0.444 e. The Labute approximate surface area is 174 Å². The zero-order valence-corrected chi connectivity index (χ0v) is 16.4. The summed E-state index contributed by atoms with van der Waals surface area (Å²) in [6.45, 7) is 0.136. The van der Waals surface area contributed by atoms with E-state index in [1.165, 1.54) is 12.1 Å². The van der Waals surface area contributed by atoms with Crippen LogP contribution < -0.4 is 10.6 Å². The average Bonchev–Trinajstić information content (AvgIpc) is 2.78. The molecule has 6 nitrogen and oxygen atoms in total. The number of aromatic nitrogens is 1. The molecule has 1 aromatic heterocycles. The topological polar surface area (TPSA) is 75.6 Å². The molecule has 0 atom stereocenters. The summed E-state index contributed by atoms with van der Waals surface area (Å²) in [7, 11) is 1.66. The molecule has 1 heterocycles. The van der Waals surface area contributed by atoms with Crippen molar-refractivity contribution in [2.45, 2.75) is 6.61 Å². The summed E-state index contributed by atoms with van der Waals surface area (Å²) in [4.78, 5) is 20.3. The Kier molecular flexibility index (Phi) is 7.27. The predicted molar refractivity (Wildman–Crippen MR) is 116 cm³/mol. The third-order valence-corrected chi connectivity index (χ3v) is 4.08. The van der Waals surface area contributed by atoms with Crippen molar-refractivity contribution >= 4 is 23.2 Å². The Morgan fingerprint density at radius 1 is 1.13 bits per heavy atom. The van der Waals surface area contributed by atoms with E-state index in [2.05, 4.69) is 20.6 Å². The second-order valence-electron chi connectivity index (χ2n) is 6.18. The van der Waals surface area contributed by atoms with Gasteiger partial charge in [-0.05, 0) is 42.0 Å². The van der Waals surface area contributed by atoms with Crippen LogP contribution in [0, 0.1) is 5.82 Å². The predicted octanol–water partition coefficient (Wildman–Crippen LogP) is 5.01. The maximum Gasteiger partial charge on any atom is 0.411 e. The lowest BCUT2D eigenvalue weighted by Crippen LogP contribution is -2.13. The fourth-order valence-electron chi connectivity index (χ4n) is 2.59. The number of nitrogens with one attached hydrogen (secondary N) is 2. The summed E-state index contributed by atoms with van der Waals surface area (Å²) < 4.78 is 19.5. The van der Waals surface area contributed by atoms with E-state index < -0.39 is 11.9 Å². The van der Waals surface area contributed by atoms with Crippen LogP contribution in [0.3, 0.4) is 0 Å². The smallest absolute Gasteiger partial charge is 0.411 e. The van der Waals surface area contributed by atoms with Gasteiger partial charge in [-0.3, -0.25) is 15.3 Å². The Morgan fingerprint density at radius 2 is 1.93 bits per heavy atom. The summed E-state index contributed by atoms with van der Waals surface area (Å²) in [5, 5.41) is 5.38. The van der Waals surface area contributed by atoms with Crippen molar-refractivity contribution < 1.29 is 13.9 Å². The highest BCUT2D eigenvalue weighted by Gasteiger charge is 2.07. The van der Waals surface area contributed by atoms with Gasteiger partial charge in [-0.25, -0.2) is 9.18 Å². The van der Waals surface area contributed by atoms with Crippen LogP contribution in [-0.2, 0) is 11.3 Å². The fraction of sp³-hybridized carbons (Fsp3) is 0.0870. The zero-order chi connectivity index (χ0) is 21.2. The van der Waals surface area contributed by atoms with Crippen molar-refractivity contribution in [1.29, 1.82) is 0 Å². The Hall–Kier alpha value is -4.00. The molecule has 7 heteroatoms. The first-order valence-corrected chi connectivity index (χ1v) is 9.24. The van der Waals surface area contributed by atoms with Gasteiger partial charge in [0.05, 0.1) is 17.1 Å². The molecule has 30 heavy (non-hydrogen) atoms. The number of nitrogens with zero attached hydrogens (tertiary/aromatic N) is 2. The van der Waals surface area contributed by atoms with E-state index in [0.29, 0.717) is 17.1 Å². The minimum Gasteiger partial charge on any atom is -0.444 e. The number of anilines is 2. The Balaban J connectivity index is 1.55. The highest BCUT2D eigenvalue weighted by molar-refractivity contribution is 6.07. The summed E-state index contributed by atoms with van der Waals surface area (Å²) in [6.07, 6.45) is 4.31. The number of aliphatic imine (C=N–C) groups is 1. The van der Waals surface area contributed by atoms with E-state index in [1.807, 2.05) is 48.5 Å². The highest BCUT2D eigenvalue weighted by atomic mass is 19.1. The number of allylic oxidation sites excluding steroid dienone is 1. The summed E-state index contributed by atoms with van der Waals surface area (Å²) in [6, 6.07) is 19.1. The van der Waals surface area contributed by atoms with Crippen LogP contribution in [0.15, 0.2) is 90.2 Å². The molecule has 0 fully saturated rings. The maximum absolute atomic E-state index is 14.3. The van der Waals surface area contributed by atoms with Gasteiger partial charge in [-0.15, -0.1) is 0 Å². The zero-order valence-electron chi connectivity index (χ0n) is 16.4. The van der Waals surface area contributed by atoms with Crippen LogP contribution in [-0.4, -0.2) is 23.8 Å². The first-order valence-electron chi connectivity index (χ1n) is 9.24. The SMILES string of the molecule is CN=C(C=CNc1ccc(NC(=O)OCc2ccccc2)cc1F)c1ccccn1. The molecule has 1 amide bonds. The van der Waals surface area contributed by atoms with E-state index in [0.717, 1.165) is 5.56 Å². The third-order valence-electron chi connectivity index (χ3n) is 4.08. The average molecular weight is 404 g/mol. The summed E-state index contributed by atoms with van der Waals surface area (Å²) in [5.41, 5.74) is 2.79. The van der Waals surface area contributed by atoms with Crippen molar-refractivity contribution in [2.75, 3.05) is 17.7 Å². The maximum atomic E-state index is 14.3. The number of hydrogen-bond donors (Lipinski definition) is 2. The molecule has 0 bridgehead atoms. The second kappa shape index (κ2) is 10.5. The third kappa shape index (κ3) is 6.00. The van der Waals surface area contributed by atoms with Gasteiger partial charge in [-0.2, -0.15) is 0 Å². The highest BCUT2D eigenvalue weighted by Crippen LogP contribution is 2.19. The minimum absolute atomic E-state index is 0.136. The van der Waals surface area contributed by atoms with E-state index in [1.54, 1.807) is 31.6 Å². The summed E-state index contributed by atoms with van der Waals surface area (Å²) in [5.74, 6) is -0.520. The van der Waals surface area contributed by atoms with Crippen LogP contribution in [0.1, 0.15) is 11.3 Å². The number of hydrogen-bond acceptors (Lipinski definition) is 5. The van der Waals surface area contributed by atoms with Crippen LogP contribution >= 0.6 is 0 Å². The molecule has 0 unspecified atom stereocenters. The Morgan fingerprint density at radius 3 is 2.63 bits per heavy atom.